The Hall–Kier alpha value is -4.14. The molecule has 9 heteroatoms. The number of nitrogens with one attached hydrogen (secondary N) is 2. The van der Waals surface area contributed by atoms with E-state index in [9.17, 15) is 9.59 Å². The lowest BCUT2D eigenvalue weighted by Gasteiger charge is -2.30. The molecule has 1 saturated heterocycles. The van der Waals surface area contributed by atoms with E-state index < -0.39 is 0 Å². The summed E-state index contributed by atoms with van der Waals surface area (Å²) in [5.74, 6) is 0.503. The highest BCUT2D eigenvalue weighted by Gasteiger charge is 2.20. The normalized spacial score (nSPS) is 16.4. The van der Waals surface area contributed by atoms with E-state index in [1.165, 1.54) is 6.42 Å². The van der Waals surface area contributed by atoms with Crippen LogP contribution < -0.4 is 20.1 Å². The molecule has 2 aliphatic rings. The van der Waals surface area contributed by atoms with Gasteiger partial charge in [-0.2, -0.15) is 0 Å². The maximum atomic E-state index is 13.1. The van der Waals surface area contributed by atoms with Crippen molar-refractivity contribution < 1.29 is 19.1 Å². The number of hydrogen-bond donors (Lipinski definition) is 2. The summed E-state index contributed by atoms with van der Waals surface area (Å²) in [4.78, 5) is 33.1. The van der Waals surface area contributed by atoms with E-state index in [-0.39, 0.29) is 17.9 Å². The summed E-state index contributed by atoms with van der Waals surface area (Å²) in [5.41, 5.74) is 3.65. The van der Waals surface area contributed by atoms with Gasteiger partial charge in [0.2, 0.25) is 0 Å². The van der Waals surface area contributed by atoms with Crippen LogP contribution in [0.4, 0.5) is 11.4 Å². The first kappa shape index (κ1) is 25.2. The number of amides is 2. The van der Waals surface area contributed by atoms with Crippen LogP contribution in [0.1, 0.15) is 39.8 Å². The quantitative estimate of drug-likeness (QED) is 0.322. The summed E-state index contributed by atoms with van der Waals surface area (Å²) >= 11 is 6.37. The van der Waals surface area contributed by atoms with Gasteiger partial charge >= 0.3 is 0 Å². The van der Waals surface area contributed by atoms with Crippen molar-refractivity contribution in [2.24, 2.45) is 0 Å². The van der Waals surface area contributed by atoms with Crippen molar-refractivity contribution in [3.63, 3.8) is 0 Å². The third-order valence-corrected chi connectivity index (χ3v) is 7.15. The van der Waals surface area contributed by atoms with Crippen LogP contribution in [0.3, 0.4) is 0 Å². The van der Waals surface area contributed by atoms with Crippen LogP contribution in [0.15, 0.2) is 66.7 Å². The highest BCUT2D eigenvalue weighted by molar-refractivity contribution is 6.34. The molecule has 0 radical (unpaired) electrons. The number of nitrogens with zero attached hydrogens (tertiary/aromatic N) is 2. The molecule has 3 aromatic carbocycles. The van der Waals surface area contributed by atoms with Gasteiger partial charge in [0, 0.05) is 28.7 Å². The molecule has 2 aliphatic heterocycles. The van der Waals surface area contributed by atoms with Crippen LogP contribution in [0.5, 0.6) is 11.5 Å². The molecule has 0 saturated carbocycles. The summed E-state index contributed by atoms with van der Waals surface area (Å²) in [7, 11) is 0. The highest BCUT2D eigenvalue weighted by Crippen LogP contribution is 2.33. The Labute approximate surface area is 230 Å². The van der Waals surface area contributed by atoms with Crippen molar-refractivity contribution in [2.45, 2.75) is 26.0 Å². The van der Waals surface area contributed by atoms with Gasteiger partial charge in [-0.3, -0.25) is 19.5 Å². The molecule has 198 valence electrons. The second-order valence-corrected chi connectivity index (χ2v) is 10.3. The highest BCUT2D eigenvalue weighted by atomic mass is 35.5. The van der Waals surface area contributed by atoms with E-state index in [0.717, 1.165) is 36.2 Å². The van der Waals surface area contributed by atoms with Gasteiger partial charge in [-0.15, -0.1) is 0 Å². The van der Waals surface area contributed by atoms with Crippen LogP contribution in [0, 0.1) is 0 Å². The molecule has 2 N–H and O–H groups in total. The summed E-state index contributed by atoms with van der Waals surface area (Å²) in [6.07, 6.45) is 1.15. The predicted octanol–water partition coefficient (Wildman–Crippen LogP) is 5.76. The standard InChI is InChI=1S/C30H27ClN4O4/c1-18-17-38-27-10-5-21(14-28(27)39-18)29(36)33-22-7-8-24(31)26(15-22)34-30(37)20-4-9-25-19(13-20)3-6-23(32-25)16-35-11-2-12-35/h3-10,13-15,18H,2,11-12,16-17H2,1H3,(H,33,36)(H,34,37). The van der Waals surface area contributed by atoms with Crippen molar-refractivity contribution in [1.29, 1.82) is 0 Å². The molecule has 4 aromatic rings. The molecule has 8 nitrogen and oxygen atoms in total. The Morgan fingerprint density at radius 3 is 2.56 bits per heavy atom. The lowest BCUT2D eigenvalue weighted by Crippen LogP contribution is -2.36. The Kier molecular flexibility index (Phi) is 6.81. The molecular weight excluding hydrogens is 516 g/mol. The third-order valence-electron chi connectivity index (χ3n) is 6.82. The number of aromatic nitrogens is 1. The number of carbonyl (C=O) groups excluding carboxylic acids is 2. The number of anilines is 2. The van der Waals surface area contributed by atoms with Crippen molar-refractivity contribution in [2.75, 3.05) is 30.3 Å². The average Bonchev–Trinajstić information content (AvgIpc) is 2.91. The van der Waals surface area contributed by atoms with E-state index in [2.05, 4.69) is 15.5 Å². The Bertz CT molecular complexity index is 1590. The molecular formula is C30H27ClN4O4. The lowest BCUT2D eigenvalue weighted by molar-refractivity contribution is 0.0998. The molecule has 1 unspecified atom stereocenters. The first-order valence-electron chi connectivity index (χ1n) is 12.9. The van der Waals surface area contributed by atoms with E-state index in [4.69, 9.17) is 26.1 Å². The number of carbonyl (C=O) groups is 2. The van der Waals surface area contributed by atoms with E-state index in [1.807, 2.05) is 31.2 Å². The second-order valence-electron chi connectivity index (χ2n) is 9.84. The molecule has 3 heterocycles. The van der Waals surface area contributed by atoms with Crippen LogP contribution in [0.2, 0.25) is 5.02 Å². The zero-order chi connectivity index (χ0) is 26.9. The SMILES string of the molecule is CC1COc2ccc(C(=O)Nc3ccc(Cl)c(NC(=O)c4ccc5nc(CN6CCC6)ccc5c4)c3)cc2O1. The topological polar surface area (TPSA) is 92.8 Å². The maximum absolute atomic E-state index is 13.1. The Morgan fingerprint density at radius 2 is 1.74 bits per heavy atom. The van der Waals surface area contributed by atoms with Gasteiger partial charge in [0.1, 0.15) is 12.7 Å². The number of halogens is 1. The molecule has 2 amide bonds. The summed E-state index contributed by atoms with van der Waals surface area (Å²) in [6.45, 7) is 5.44. The van der Waals surface area contributed by atoms with Gasteiger partial charge in [0.15, 0.2) is 11.5 Å². The number of ether oxygens (including phenoxy) is 2. The lowest BCUT2D eigenvalue weighted by atomic mass is 10.1. The number of rotatable bonds is 6. The zero-order valence-electron chi connectivity index (χ0n) is 21.4. The van der Waals surface area contributed by atoms with E-state index >= 15 is 0 Å². The van der Waals surface area contributed by atoms with Crippen LogP contribution in [-0.2, 0) is 6.54 Å². The van der Waals surface area contributed by atoms with Gasteiger partial charge < -0.3 is 20.1 Å². The van der Waals surface area contributed by atoms with E-state index in [0.29, 0.717) is 45.6 Å². The van der Waals surface area contributed by atoms with Crippen molar-refractivity contribution >= 4 is 45.7 Å². The molecule has 1 aromatic heterocycles. The van der Waals surface area contributed by atoms with Gasteiger partial charge in [-0.05, 0) is 87.1 Å². The minimum Gasteiger partial charge on any atom is -0.486 e. The largest absolute Gasteiger partial charge is 0.486 e. The van der Waals surface area contributed by atoms with Gasteiger partial charge in [-0.25, -0.2) is 0 Å². The van der Waals surface area contributed by atoms with Crippen LogP contribution in [0.25, 0.3) is 10.9 Å². The second kappa shape index (κ2) is 10.6. The van der Waals surface area contributed by atoms with Crippen LogP contribution >= 0.6 is 11.6 Å². The van der Waals surface area contributed by atoms with Crippen molar-refractivity contribution in [3.05, 3.63) is 88.6 Å². The summed E-state index contributed by atoms with van der Waals surface area (Å²) in [5, 5.41) is 6.95. The third kappa shape index (κ3) is 5.53. The smallest absolute Gasteiger partial charge is 0.255 e. The molecule has 1 atom stereocenters. The minimum absolute atomic E-state index is 0.0928. The molecule has 0 spiro atoms. The predicted molar refractivity (Wildman–Crippen MR) is 151 cm³/mol. The maximum Gasteiger partial charge on any atom is 0.255 e. The Balaban J connectivity index is 1.15. The number of benzene rings is 3. The number of pyridine rings is 1. The summed E-state index contributed by atoms with van der Waals surface area (Å²) < 4.78 is 11.4. The van der Waals surface area contributed by atoms with Gasteiger partial charge in [0.25, 0.3) is 11.8 Å². The fourth-order valence-electron chi connectivity index (χ4n) is 4.58. The first-order chi connectivity index (χ1) is 18.9. The van der Waals surface area contributed by atoms with E-state index in [1.54, 1.807) is 42.5 Å². The zero-order valence-corrected chi connectivity index (χ0v) is 22.1. The monoisotopic (exact) mass is 542 g/mol. The molecule has 1 fully saturated rings. The van der Waals surface area contributed by atoms with Crippen LogP contribution in [-0.4, -0.2) is 47.5 Å². The number of likely N-dealkylation sites (tertiary alicyclic amines) is 1. The molecule has 0 aliphatic carbocycles. The fraction of sp³-hybridized carbons (Fsp3) is 0.233. The Morgan fingerprint density at radius 1 is 0.949 bits per heavy atom. The average molecular weight is 543 g/mol. The van der Waals surface area contributed by atoms with Crippen molar-refractivity contribution in [1.82, 2.24) is 9.88 Å². The fourth-order valence-corrected chi connectivity index (χ4v) is 4.75. The van der Waals surface area contributed by atoms with Gasteiger partial charge in [0.05, 0.1) is 21.9 Å². The summed E-state index contributed by atoms with van der Waals surface area (Å²) in [6, 6.07) is 19.4. The number of fused-ring (bicyclic) bond motifs is 2. The molecule has 39 heavy (non-hydrogen) atoms. The molecule has 0 bridgehead atoms. The van der Waals surface area contributed by atoms with Crippen molar-refractivity contribution in [3.8, 4) is 11.5 Å². The number of hydrogen-bond acceptors (Lipinski definition) is 6. The molecule has 6 rings (SSSR count). The van der Waals surface area contributed by atoms with Gasteiger partial charge in [-0.1, -0.05) is 17.7 Å². The first-order valence-corrected chi connectivity index (χ1v) is 13.3. The minimum atomic E-state index is -0.324.